The van der Waals surface area contributed by atoms with Crippen LogP contribution < -0.4 is 5.73 Å². The lowest BCUT2D eigenvalue weighted by molar-refractivity contribution is 0.213. The topological polar surface area (TPSA) is 26.0 Å². The first-order valence-electron chi connectivity index (χ1n) is 7.10. The second-order valence-electron chi connectivity index (χ2n) is 6.04. The van der Waals surface area contributed by atoms with Crippen molar-refractivity contribution in [3.63, 3.8) is 0 Å². The third-order valence-electron chi connectivity index (χ3n) is 5.10. The van der Waals surface area contributed by atoms with E-state index in [2.05, 4.69) is 19.6 Å². The van der Waals surface area contributed by atoms with Crippen LogP contribution in [0.4, 0.5) is 0 Å². The first-order valence-corrected chi connectivity index (χ1v) is 7.10. The van der Waals surface area contributed by atoms with E-state index in [1.807, 2.05) is 0 Å². The lowest BCUT2D eigenvalue weighted by Gasteiger charge is -2.34. The highest BCUT2D eigenvalue weighted by atomic mass is 14.8. The fourth-order valence-electron chi connectivity index (χ4n) is 4.45. The highest BCUT2D eigenvalue weighted by molar-refractivity contribution is 5.06. The van der Waals surface area contributed by atoms with E-state index in [1.165, 1.54) is 44.9 Å². The summed E-state index contributed by atoms with van der Waals surface area (Å²) in [7, 11) is 0. The molecule has 0 heterocycles. The maximum absolute atomic E-state index is 6.59. The van der Waals surface area contributed by atoms with Gasteiger partial charge in [0, 0.05) is 6.04 Å². The zero-order valence-electron chi connectivity index (χ0n) is 10.8. The maximum atomic E-state index is 6.59. The SMILES string of the molecule is C=CCC1(CCC)CC2CCCCC2C1N. The van der Waals surface area contributed by atoms with Gasteiger partial charge in [-0.25, -0.2) is 0 Å². The van der Waals surface area contributed by atoms with Gasteiger partial charge >= 0.3 is 0 Å². The Kier molecular flexibility index (Phi) is 3.73. The molecule has 0 radical (unpaired) electrons. The molecule has 2 aliphatic rings. The summed E-state index contributed by atoms with van der Waals surface area (Å²) in [6.07, 6.45) is 12.8. The van der Waals surface area contributed by atoms with Gasteiger partial charge in [-0.15, -0.1) is 6.58 Å². The van der Waals surface area contributed by atoms with E-state index >= 15 is 0 Å². The van der Waals surface area contributed by atoms with Crippen molar-refractivity contribution in [2.24, 2.45) is 23.0 Å². The van der Waals surface area contributed by atoms with Gasteiger partial charge in [0.25, 0.3) is 0 Å². The number of hydrogen-bond donors (Lipinski definition) is 1. The third-order valence-corrected chi connectivity index (χ3v) is 5.10. The Morgan fingerprint density at radius 2 is 2.12 bits per heavy atom. The van der Waals surface area contributed by atoms with Crippen LogP contribution in [0.3, 0.4) is 0 Å². The van der Waals surface area contributed by atoms with Crippen molar-refractivity contribution in [1.82, 2.24) is 0 Å². The molecular weight excluding hydrogens is 194 g/mol. The Balaban J connectivity index is 2.16. The van der Waals surface area contributed by atoms with Crippen LogP contribution in [0.15, 0.2) is 12.7 Å². The molecule has 0 aromatic carbocycles. The summed E-state index contributed by atoms with van der Waals surface area (Å²) in [4.78, 5) is 0. The lowest BCUT2D eigenvalue weighted by atomic mass is 9.74. The van der Waals surface area contributed by atoms with Crippen molar-refractivity contribution >= 4 is 0 Å². The summed E-state index contributed by atoms with van der Waals surface area (Å²) < 4.78 is 0. The van der Waals surface area contributed by atoms with Gasteiger partial charge in [0.15, 0.2) is 0 Å². The monoisotopic (exact) mass is 221 g/mol. The molecule has 4 unspecified atom stereocenters. The molecule has 0 saturated heterocycles. The average Bonchev–Trinajstić information content (AvgIpc) is 2.54. The minimum Gasteiger partial charge on any atom is -0.327 e. The average molecular weight is 221 g/mol. The maximum Gasteiger partial charge on any atom is 0.0130 e. The Hall–Kier alpha value is -0.300. The van der Waals surface area contributed by atoms with Gasteiger partial charge in [-0.05, 0) is 42.9 Å². The van der Waals surface area contributed by atoms with Crippen LogP contribution in [0.2, 0.25) is 0 Å². The number of nitrogens with two attached hydrogens (primary N) is 1. The molecule has 2 fully saturated rings. The van der Waals surface area contributed by atoms with Crippen molar-refractivity contribution in [1.29, 1.82) is 0 Å². The number of hydrogen-bond acceptors (Lipinski definition) is 1. The highest BCUT2D eigenvalue weighted by Gasteiger charge is 2.50. The molecular formula is C15H27N. The fourth-order valence-corrected chi connectivity index (χ4v) is 4.45. The second-order valence-corrected chi connectivity index (χ2v) is 6.04. The minimum atomic E-state index is 0.399. The lowest BCUT2D eigenvalue weighted by Crippen LogP contribution is -2.41. The quantitative estimate of drug-likeness (QED) is 0.716. The fraction of sp³-hybridized carbons (Fsp3) is 0.867. The van der Waals surface area contributed by atoms with Crippen molar-refractivity contribution in [2.75, 3.05) is 0 Å². The zero-order valence-corrected chi connectivity index (χ0v) is 10.8. The molecule has 1 heteroatoms. The van der Waals surface area contributed by atoms with E-state index in [1.54, 1.807) is 0 Å². The first kappa shape index (κ1) is 12.2. The van der Waals surface area contributed by atoms with Crippen molar-refractivity contribution in [3.05, 3.63) is 12.7 Å². The van der Waals surface area contributed by atoms with E-state index < -0.39 is 0 Å². The van der Waals surface area contributed by atoms with Crippen molar-refractivity contribution in [3.8, 4) is 0 Å². The van der Waals surface area contributed by atoms with E-state index in [0.29, 0.717) is 11.5 Å². The molecule has 4 atom stereocenters. The Morgan fingerprint density at radius 1 is 1.38 bits per heavy atom. The smallest absolute Gasteiger partial charge is 0.0130 e. The number of allylic oxidation sites excluding steroid dienone is 1. The molecule has 2 saturated carbocycles. The molecule has 0 aromatic rings. The number of fused-ring (bicyclic) bond motifs is 1. The van der Waals surface area contributed by atoms with Crippen LogP contribution in [0.1, 0.15) is 58.3 Å². The third kappa shape index (κ3) is 1.95. The molecule has 92 valence electrons. The standard InChI is InChI=1S/C15H27N/c1-3-9-15(10-4-2)11-12-7-5-6-8-13(12)14(15)16/h3,12-14H,1,4-11,16H2,2H3. The van der Waals surface area contributed by atoms with E-state index in [0.717, 1.165) is 18.3 Å². The molecule has 2 N–H and O–H groups in total. The summed E-state index contributed by atoms with van der Waals surface area (Å²) in [5.74, 6) is 1.75. The van der Waals surface area contributed by atoms with Crippen LogP contribution in [0.5, 0.6) is 0 Å². The summed E-state index contributed by atoms with van der Waals surface area (Å²) in [5, 5.41) is 0. The van der Waals surface area contributed by atoms with Crippen LogP contribution in [-0.2, 0) is 0 Å². The van der Waals surface area contributed by atoms with Crippen LogP contribution in [0, 0.1) is 17.3 Å². The van der Waals surface area contributed by atoms with Gasteiger partial charge in [0.1, 0.15) is 0 Å². The largest absolute Gasteiger partial charge is 0.327 e. The molecule has 0 aromatic heterocycles. The van der Waals surface area contributed by atoms with Gasteiger partial charge in [-0.3, -0.25) is 0 Å². The van der Waals surface area contributed by atoms with E-state index in [-0.39, 0.29) is 0 Å². The molecule has 16 heavy (non-hydrogen) atoms. The second kappa shape index (κ2) is 4.91. The van der Waals surface area contributed by atoms with Crippen molar-refractivity contribution < 1.29 is 0 Å². The first-order chi connectivity index (χ1) is 7.73. The van der Waals surface area contributed by atoms with E-state index in [4.69, 9.17) is 5.73 Å². The molecule has 0 bridgehead atoms. The van der Waals surface area contributed by atoms with Crippen LogP contribution in [0.25, 0.3) is 0 Å². The zero-order chi connectivity index (χ0) is 11.6. The molecule has 0 amide bonds. The minimum absolute atomic E-state index is 0.399. The molecule has 1 nitrogen and oxygen atoms in total. The molecule has 0 aliphatic heterocycles. The Bertz CT molecular complexity index is 248. The Morgan fingerprint density at radius 3 is 2.75 bits per heavy atom. The van der Waals surface area contributed by atoms with Crippen molar-refractivity contribution in [2.45, 2.75) is 64.3 Å². The molecule has 0 spiro atoms. The highest BCUT2D eigenvalue weighted by Crippen LogP contribution is 2.54. The van der Waals surface area contributed by atoms with E-state index in [9.17, 15) is 0 Å². The molecule has 2 rings (SSSR count). The number of rotatable bonds is 4. The van der Waals surface area contributed by atoms with Crippen LogP contribution >= 0.6 is 0 Å². The summed E-state index contributed by atoms with van der Waals surface area (Å²) in [6, 6.07) is 0.441. The normalized spacial score (nSPS) is 43.0. The predicted octanol–water partition coefficient (Wildman–Crippen LogP) is 3.89. The predicted molar refractivity (Wildman–Crippen MR) is 70.2 cm³/mol. The molecule has 2 aliphatic carbocycles. The van der Waals surface area contributed by atoms with Crippen LogP contribution in [-0.4, -0.2) is 6.04 Å². The van der Waals surface area contributed by atoms with Gasteiger partial charge < -0.3 is 5.73 Å². The summed E-state index contributed by atoms with van der Waals surface area (Å²) >= 11 is 0. The summed E-state index contributed by atoms with van der Waals surface area (Å²) in [5.41, 5.74) is 6.99. The Labute approximate surface area is 100 Å². The van der Waals surface area contributed by atoms with Gasteiger partial charge in [0.05, 0.1) is 0 Å². The van der Waals surface area contributed by atoms with Gasteiger partial charge in [0.2, 0.25) is 0 Å². The summed E-state index contributed by atoms with van der Waals surface area (Å²) in [6.45, 7) is 6.24. The van der Waals surface area contributed by atoms with Gasteiger partial charge in [-0.2, -0.15) is 0 Å². The van der Waals surface area contributed by atoms with Gasteiger partial charge in [-0.1, -0.05) is 38.7 Å².